The van der Waals surface area contributed by atoms with Crippen LogP contribution in [-0.2, 0) is 16.0 Å². The number of carbonyl (C=O) groups excluding carboxylic acids is 2. The molecule has 1 heterocycles. The number of ether oxygens (including phenoxy) is 1. The minimum Gasteiger partial charge on any atom is -0.457 e. The Bertz CT molecular complexity index is 933. The van der Waals surface area contributed by atoms with Crippen LogP contribution in [0.15, 0.2) is 48.7 Å². The number of H-pyrrole nitrogens is 1. The van der Waals surface area contributed by atoms with Gasteiger partial charge in [0.25, 0.3) is 0 Å². The molecule has 0 saturated carbocycles. The van der Waals surface area contributed by atoms with Crippen LogP contribution < -0.4 is 0 Å². The van der Waals surface area contributed by atoms with Gasteiger partial charge in [-0.05, 0) is 36.2 Å². The number of aromatic amines is 1. The number of hydrogen-bond acceptors (Lipinski definition) is 3. The smallest absolute Gasteiger partial charge is 0.306 e. The zero-order valence-electron chi connectivity index (χ0n) is 13.2. The van der Waals surface area contributed by atoms with Crippen LogP contribution in [0.5, 0.6) is 0 Å². The van der Waals surface area contributed by atoms with Gasteiger partial charge >= 0.3 is 5.97 Å². The predicted octanol–water partition coefficient (Wildman–Crippen LogP) is 4.83. The Morgan fingerprint density at radius 1 is 1.08 bits per heavy atom. The molecule has 1 N–H and O–H groups in total. The highest BCUT2D eigenvalue weighted by Gasteiger charge is 2.14. The standard InChI is InChI=1S/C19H15Cl2NO3/c20-13-6-7-16(21)15(9-13)18(23)11-25-19(24)8-5-12-10-22-17-4-2-1-3-14(12)17/h1-4,6-7,9-10,22H,5,8,11H2. The number of halogens is 2. The normalized spacial score (nSPS) is 10.8. The van der Waals surface area contributed by atoms with E-state index in [0.29, 0.717) is 11.4 Å². The minimum atomic E-state index is -0.434. The van der Waals surface area contributed by atoms with Crippen molar-refractivity contribution in [2.24, 2.45) is 0 Å². The molecule has 25 heavy (non-hydrogen) atoms. The largest absolute Gasteiger partial charge is 0.457 e. The number of rotatable bonds is 6. The molecule has 4 nitrogen and oxygen atoms in total. The zero-order chi connectivity index (χ0) is 17.8. The molecule has 0 aliphatic rings. The molecule has 1 aromatic heterocycles. The summed E-state index contributed by atoms with van der Waals surface area (Å²) in [7, 11) is 0. The van der Waals surface area contributed by atoms with E-state index >= 15 is 0 Å². The Morgan fingerprint density at radius 3 is 2.72 bits per heavy atom. The summed E-state index contributed by atoms with van der Waals surface area (Å²) in [6, 6.07) is 12.5. The van der Waals surface area contributed by atoms with Crippen LogP contribution in [0.4, 0.5) is 0 Å². The lowest BCUT2D eigenvalue weighted by molar-refractivity contribution is -0.142. The van der Waals surface area contributed by atoms with Crippen molar-refractivity contribution in [2.45, 2.75) is 12.8 Å². The molecular weight excluding hydrogens is 361 g/mol. The van der Waals surface area contributed by atoms with Crippen molar-refractivity contribution < 1.29 is 14.3 Å². The summed E-state index contributed by atoms with van der Waals surface area (Å²) in [6.45, 7) is -0.354. The molecule has 0 saturated heterocycles. The van der Waals surface area contributed by atoms with Crippen LogP contribution in [0, 0.1) is 0 Å². The Labute approximate surface area is 154 Å². The highest BCUT2D eigenvalue weighted by molar-refractivity contribution is 6.36. The summed E-state index contributed by atoms with van der Waals surface area (Å²) in [5.41, 5.74) is 2.31. The van der Waals surface area contributed by atoms with E-state index in [1.165, 1.54) is 12.1 Å². The van der Waals surface area contributed by atoms with Gasteiger partial charge in [0.1, 0.15) is 0 Å². The van der Waals surface area contributed by atoms with E-state index in [9.17, 15) is 9.59 Å². The SMILES string of the molecule is O=C(CCc1c[nH]c2ccccc12)OCC(=O)c1cc(Cl)ccc1Cl. The van der Waals surface area contributed by atoms with Crippen LogP contribution in [0.2, 0.25) is 10.0 Å². The Morgan fingerprint density at radius 2 is 1.88 bits per heavy atom. The van der Waals surface area contributed by atoms with E-state index < -0.39 is 5.97 Å². The summed E-state index contributed by atoms with van der Waals surface area (Å²) in [5.74, 6) is -0.815. The van der Waals surface area contributed by atoms with Crippen molar-refractivity contribution >= 4 is 45.9 Å². The third kappa shape index (κ3) is 4.21. The molecule has 0 amide bonds. The van der Waals surface area contributed by atoms with Crippen molar-refractivity contribution in [1.29, 1.82) is 0 Å². The molecule has 0 atom stereocenters. The lowest BCUT2D eigenvalue weighted by atomic mass is 10.1. The summed E-state index contributed by atoms with van der Waals surface area (Å²) < 4.78 is 5.06. The number of nitrogens with one attached hydrogen (secondary N) is 1. The van der Waals surface area contributed by atoms with Crippen molar-refractivity contribution in [3.8, 4) is 0 Å². The first-order valence-electron chi connectivity index (χ1n) is 7.73. The van der Waals surface area contributed by atoms with Gasteiger partial charge < -0.3 is 9.72 Å². The van der Waals surface area contributed by atoms with E-state index in [0.717, 1.165) is 16.5 Å². The van der Waals surface area contributed by atoms with Gasteiger partial charge in [-0.2, -0.15) is 0 Å². The van der Waals surface area contributed by atoms with Gasteiger partial charge in [0, 0.05) is 34.1 Å². The topological polar surface area (TPSA) is 59.2 Å². The van der Waals surface area contributed by atoms with Crippen LogP contribution in [0.3, 0.4) is 0 Å². The van der Waals surface area contributed by atoms with Gasteiger partial charge in [0.15, 0.2) is 6.61 Å². The van der Waals surface area contributed by atoms with Gasteiger partial charge in [-0.3, -0.25) is 9.59 Å². The third-order valence-corrected chi connectivity index (χ3v) is 4.43. The fourth-order valence-corrected chi connectivity index (χ4v) is 2.98. The number of fused-ring (bicyclic) bond motifs is 1. The fraction of sp³-hybridized carbons (Fsp3) is 0.158. The lowest BCUT2D eigenvalue weighted by Crippen LogP contribution is -2.15. The van der Waals surface area contributed by atoms with Gasteiger partial charge in [0.2, 0.25) is 5.78 Å². The number of aromatic nitrogens is 1. The maximum absolute atomic E-state index is 12.1. The second kappa shape index (κ2) is 7.72. The Balaban J connectivity index is 1.54. The van der Waals surface area contributed by atoms with E-state index in [4.69, 9.17) is 27.9 Å². The number of hydrogen-bond donors (Lipinski definition) is 1. The molecule has 2 aromatic carbocycles. The average Bonchev–Trinajstić information content (AvgIpc) is 3.03. The number of carbonyl (C=O) groups is 2. The van der Waals surface area contributed by atoms with E-state index in [2.05, 4.69) is 4.98 Å². The first-order chi connectivity index (χ1) is 12.0. The molecule has 0 fully saturated rings. The van der Waals surface area contributed by atoms with Crippen LogP contribution in [0.1, 0.15) is 22.3 Å². The maximum Gasteiger partial charge on any atom is 0.306 e. The number of aryl methyl sites for hydroxylation is 1. The van der Waals surface area contributed by atoms with Crippen LogP contribution >= 0.6 is 23.2 Å². The van der Waals surface area contributed by atoms with Crippen LogP contribution in [-0.4, -0.2) is 23.3 Å². The second-order valence-corrected chi connectivity index (χ2v) is 6.41. The molecule has 0 aliphatic carbocycles. The highest BCUT2D eigenvalue weighted by atomic mass is 35.5. The van der Waals surface area contributed by atoms with E-state index in [1.54, 1.807) is 6.07 Å². The van der Waals surface area contributed by atoms with Gasteiger partial charge in [0.05, 0.1) is 5.02 Å². The average molecular weight is 376 g/mol. The van der Waals surface area contributed by atoms with Gasteiger partial charge in [-0.25, -0.2) is 0 Å². The number of Topliss-reactive ketones (excluding diaryl/α,β-unsaturated/α-hetero) is 1. The van der Waals surface area contributed by atoms with Crippen molar-refractivity contribution in [3.05, 3.63) is 69.8 Å². The highest BCUT2D eigenvalue weighted by Crippen LogP contribution is 2.21. The van der Waals surface area contributed by atoms with Crippen molar-refractivity contribution in [1.82, 2.24) is 4.98 Å². The third-order valence-electron chi connectivity index (χ3n) is 3.87. The predicted molar refractivity (Wildman–Crippen MR) is 98.4 cm³/mol. The summed E-state index contributed by atoms with van der Waals surface area (Å²) in [4.78, 5) is 27.2. The first kappa shape index (κ1) is 17.5. The Hall–Kier alpha value is -2.30. The maximum atomic E-state index is 12.1. The number of benzene rings is 2. The summed E-state index contributed by atoms with van der Waals surface area (Å²) >= 11 is 11.8. The van der Waals surface area contributed by atoms with Crippen LogP contribution in [0.25, 0.3) is 10.9 Å². The van der Waals surface area contributed by atoms with Crippen molar-refractivity contribution in [3.63, 3.8) is 0 Å². The molecule has 0 aliphatic heterocycles. The lowest BCUT2D eigenvalue weighted by Gasteiger charge is -2.06. The second-order valence-electron chi connectivity index (χ2n) is 5.57. The monoisotopic (exact) mass is 375 g/mol. The molecule has 3 aromatic rings. The van der Waals surface area contributed by atoms with Gasteiger partial charge in [-0.1, -0.05) is 41.4 Å². The first-order valence-corrected chi connectivity index (χ1v) is 8.49. The molecule has 6 heteroatoms. The summed E-state index contributed by atoms with van der Waals surface area (Å²) in [5, 5.41) is 1.76. The quantitative estimate of drug-likeness (QED) is 0.495. The van der Waals surface area contributed by atoms with Crippen molar-refractivity contribution in [2.75, 3.05) is 6.61 Å². The molecular formula is C19H15Cl2NO3. The molecule has 0 spiro atoms. The Kier molecular flexibility index (Phi) is 5.41. The molecule has 3 rings (SSSR count). The molecule has 0 radical (unpaired) electrons. The molecule has 0 bridgehead atoms. The number of para-hydroxylation sites is 1. The summed E-state index contributed by atoms with van der Waals surface area (Å²) in [6.07, 6.45) is 2.61. The van der Waals surface area contributed by atoms with Gasteiger partial charge in [-0.15, -0.1) is 0 Å². The van der Waals surface area contributed by atoms with E-state index in [-0.39, 0.29) is 29.4 Å². The minimum absolute atomic E-state index is 0.193. The number of ketones is 1. The fourth-order valence-electron chi connectivity index (χ4n) is 2.58. The molecule has 0 unspecified atom stereocenters. The zero-order valence-corrected chi connectivity index (χ0v) is 14.7. The molecule has 128 valence electrons. The van der Waals surface area contributed by atoms with E-state index in [1.807, 2.05) is 30.5 Å². The number of esters is 1.